The van der Waals surface area contributed by atoms with Gasteiger partial charge >= 0.3 is 6.18 Å². The lowest BCUT2D eigenvalue weighted by atomic mass is 10.1. The van der Waals surface area contributed by atoms with Crippen molar-refractivity contribution in [3.8, 4) is 0 Å². The van der Waals surface area contributed by atoms with Crippen LogP contribution in [0.1, 0.15) is 11.1 Å². The third-order valence-corrected chi connectivity index (χ3v) is 2.61. The quantitative estimate of drug-likeness (QED) is 0.583. The number of nitro benzene ring substituents is 1. The molecular weight excluding hydrogens is 279 g/mol. The molecule has 0 heterocycles. The second kappa shape index (κ2) is 3.80. The molecule has 0 atom stereocenters. The van der Waals surface area contributed by atoms with E-state index in [1.165, 1.54) is 6.92 Å². The number of nitro groups is 1. The Morgan fingerprint density at radius 3 is 2.33 bits per heavy atom. The lowest BCUT2D eigenvalue weighted by Crippen LogP contribution is -2.08. The molecule has 1 rings (SSSR count). The fourth-order valence-electron chi connectivity index (χ4n) is 1.10. The topological polar surface area (TPSA) is 43.1 Å². The van der Waals surface area contributed by atoms with E-state index >= 15 is 0 Å². The Hall–Kier alpha value is -1.11. The van der Waals surface area contributed by atoms with E-state index in [-0.39, 0.29) is 5.56 Å². The van der Waals surface area contributed by atoms with Gasteiger partial charge in [-0.1, -0.05) is 6.07 Å². The van der Waals surface area contributed by atoms with Crippen molar-refractivity contribution in [2.24, 2.45) is 0 Å². The summed E-state index contributed by atoms with van der Waals surface area (Å²) in [6, 6.07) is 1.89. The van der Waals surface area contributed by atoms with Crippen molar-refractivity contribution in [2.75, 3.05) is 0 Å². The van der Waals surface area contributed by atoms with E-state index in [9.17, 15) is 23.3 Å². The van der Waals surface area contributed by atoms with Crippen molar-refractivity contribution >= 4 is 21.6 Å². The Morgan fingerprint density at radius 2 is 1.93 bits per heavy atom. The first kappa shape index (κ1) is 12.0. The van der Waals surface area contributed by atoms with Crippen LogP contribution < -0.4 is 0 Å². The molecule has 0 unspecified atom stereocenters. The zero-order valence-corrected chi connectivity index (χ0v) is 9.02. The van der Waals surface area contributed by atoms with E-state index < -0.39 is 26.8 Å². The maximum atomic E-state index is 12.4. The zero-order valence-electron chi connectivity index (χ0n) is 7.43. The fourth-order valence-corrected chi connectivity index (χ4v) is 1.92. The molecule has 1 aromatic carbocycles. The second-order valence-electron chi connectivity index (χ2n) is 2.85. The molecule has 0 aliphatic rings. The first-order chi connectivity index (χ1) is 6.75. The number of rotatable bonds is 1. The molecule has 15 heavy (non-hydrogen) atoms. The van der Waals surface area contributed by atoms with Gasteiger partial charge in [0.25, 0.3) is 5.69 Å². The lowest BCUT2D eigenvalue weighted by molar-refractivity contribution is -0.386. The largest absolute Gasteiger partial charge is 0.417 e. The van der Waals surface area contributed by atoms with Crippen LogP contribution >= 0.6 is 15.9 Å². The predicted octanol–water partition coefficient (Wildman–Crippen LogP) is 3.68. The van der Waals surface area contributed by atoms with Crippen LogP contribution in [0, 0.1) is 17.0 Å². The Kier molecular flexibility index (Phi) is 3.03. The van der Waals surface area contributed by atoms with Gasteiger partial charge in [0, 0.05) is 5.56 Å². The van der Waals surface area contributed by atoms with Crippen LogP contribution in [0.4, 0.5) is 18.9 Å². The summed E-state index contributed by atoms with van der Waals surface area (Å²) in [7, 11) is 0. The summed E-state index contributed by atoms with van der Waals surface area (Å²) in [5.74, 6) is 0. The van der Waals surface area contributed by atoms with Gasteiger partial charge in [-0.05, 0) is 28.9 Å². The molecule has 0 radical (unpaired) electrons. The molecule has 0 saturated heterocycles. The van der Waals surface area contributed by atoms with Gasteiger partial charge in [-0.2, -0.15) is 13.2 Å². The normalized spacial score (nSPS) is 11.5. The van der Waals surface area contributed by atoms with E-state index in [2.05, 4.69) is 15.9 Å². The molecule has 0 saturated carbocycles. The van der Waals surface area contributed by atoms with Gasteiger partial charge in [-0.25, -0.2) is 0 Å². The molecule has 0 fully saturated rings. The fraction of sp³-hybridized carbons (Fsp3) is 0.250. The SMILES string of the molecule is Cc1ccc(C(F)(F)F)c(Br)c1[N+](=O)[O-]. The third-order valence-electron chi connectivity index (χ3n) is 1.81. The zero-order chi connectivity index (χ0) is 11.8. The van der Waals surface area contributed by atoms with Gasteiger partial charge in [0.05, 0.1) is 10.5 Å². The van der Waals surface area contributed by atoms with Crippen molar-refractivity contribution in [2.45, 2.75) is 13.1 Å². The summed E-state index contributed by atoms with van der Waals surface area (Å²) in [6.07, 6.45) is -4.60. The Labute approximate surface area is 91.2 Å². The van der Waals surface area contributed by atoms with Gasteiger partial charge in [0.1, 0.15) is 4.47 Å². The van der Waals surface area contributed by atoms with E-state index in [0.717, 1.165) is 12.1 Å². The van der Waals surface area contributed by atoms with Crippen molar-refractivity contribution in [1.82, 2.24) is 0 Å². The molecule has 0 amide bonds. The summed E-state index contributed by atoms with van der Waals surface area (Å²) in [5.41, 5.74) is -1.41. The molecule has 3 nitrogen and oxygen atoms in total. The minimum atomic E-state index is -4.60. The number of benzene rings is 1. The van der Waals surface area contributed by atoms with Crippen LogP contribution in [0.2, 0.25) is 0 Å². The standard InChI is InChI=1S/C8H5BrF3NO2/c1-4-2-3-5(8(10,11)12)6(9)7(4)13(14)15/h2-3H,1H3. The van der Waals surface area contributed by atoms with Crippen LogP contribution in [0.15, 0.2) is 16.6 Å². The van der Waals surface area contributed by atoms with Crippen molar-refractivity contribution in [1.29, 1.82) is 0 Å². The van der Waals surface area contributed by atoms with Gasteiger partial charge in [-0.15, -0.1) is 0 Å². The molecule has 0 aliphatic carbocycles. The highest BCUT2D eigenvalue weighted by Gasteiger charge is 2.36. The maximum absolute atomic E-state index is 12.4. The minimum Gasteiger partial charge on any atom is -0.258 e. The summed E-state index contributed by atoms with van der Waals surface area (Å²) >= 11 is 2.61. The van der Waals surface area contributed by atoms with Crippen molar-refractivity contribution in [3.05, 3.63) is 37.8 Å². The summed E-state index contributed by atoms with van der Waals surface area (Å²) in [4.78, 5) is 9.69. The highest BCUT2D eigenvalue weighted by molar-refractivity contribution is 9.10. The molecule has 0 N–H and O–H groups in total. The van der Waals surface area contributed by atoms with Gasteiger partial charge < -0.3 is 0 Å². The van der Waals surface area contributed by atoms with Crippen LogP contribution in [0.5, 0.6) is 0 Å². The summed E-state index contributed by atoms with van der Waals surface area (Å²) in [5, 5.41) is 10.5. The van der Waals surface area contributed by atoms with E-state index in [1.807, 2.05) is 0 Å². The molecule has 0 bridgehead atoms. The number of nitrogens with zero attached hydrogens (tertiary/aromatic N) is 1. The van der Waals surface area contributed by atoms with Crippen molar-refractivity contribution in [3.63, 3.8) is 0 Å². The third kappa shape index (κ3) is 2.28. The summed E-state index contributed by atoms with van der Waals surface area (Å²) < 4.78 is 36.6. The van der Waals surface area contributed by atoms with Crippen molar-refractivity contribution < 1.29 is 18.1 Å². The van der Waals surface area contributed by atoms with Crippen LogP contribution in [0.3, 0.4) is 0 Å². The molecule has 0 aromatic heterocycles. The number of aryl methyl sites for hydroxylation is 1. The minimum absolute atomic E-state index is 0.180. The van der Waals surface area contributed by atoms with Gasteiger partial charge in [-0.3, -0.25) is 10.1 Å². The number of halogens is 4. The molecule has 7 heteroatoms. The number of hydrogen-bond acceptors (Lipinski definition) is 2. The second-order valence-corrected chi connectivity index (χ2v) is 3.64. The Morgan fingerprint density at radius 1 is 1.40 bits per heavy atom. The molecule has 0 aliphatic heterocycles. The Bertz CT molecular complexity index is 417. The summed E-state index contributed by atoms with van der Waals surface area (Å²) in [6.45, 7) is 1.38. The Balaban J connectivity index is 3.49. The van der Waals surface area contributed by atoms with Crippen LogP contribution in [-0.2, 0) is 6.18 Å². The van der Waals surface area contributed by atoms with Gasteiger partial charge in [0.15, 0.2) is 0 Å². The first-order valence-electron chi connectivity index (χ1n) is 3.76. The average Bonchev–Trinajstić information content (AvgIpc) is 2.00. The highest BCUT2D eigenvalue weighted by atomic mass is 79.9. The van der Waals surface area contributed by atoms with E-state index in [0.29, 0.717) is 0 Å². The van der Waals surface area contributed by atoms with Crippen LogP contribution in [-0.4, -0.2) is 4.92 Å². The number of hydrogen-bond donors (Lipinski definition) is 0. The lowest BCUT2D eigenvalue weighted by Gasteiger charge is -2.09. The first-order valence-corrected chi connectivity index (χ1v) is 4.55. The number of alkyl halides is 3. The van der Waals surface area contributed by atoms with E-state index in [4.69, 9.17) is 0 Å². The van der Waals surface area contributed by atoms with E-state index in [1.54, 1.807) is 0 Å². The monoisotopic (exact) mass is 283 g/mol. The van der Waals surface area contributed by atoms with Crippen LogP contribution in [0.25, 0.3) is 0 Å². The molecule has 82 valence electrons. The molecule has 1 aromatic rings. The van der Waals surface area contributed by atoms with Gasteiger partial charge in [0.2, 0.25) is 0 Å². The average molecular weight is 284 g/mol. The maximum Gasteiger partial charge on any atom is 0.417 e. The highest BCUT2D eigenvalue weighted by Crippen LogP contribution is 2.40. The smallest absolute Gasteiger partial charge is 0.258 e. The predicted molar refractivity (Wildman–Crippen MR) is 50.5 cm³/mol. The molecule has 0 spiro atoms. The molecular formula is C8H5BrF3NO2.